The molecule has 1 aliphatic rings. The number of halogens is 1. The predicted molar refractivity (Wildman–Crippen MR) is 107 cm³/mol. The Bertz CT molecular complexity index is 960. The minimum atomic E-state index is -1.17. The number of imide groups is 1. The molecule has 2 aromatic carbocycles. The first-order valence-electron chi connectivity index (χ1n) is 8.70. The molecular weight excluding hydrogens is 397 g/mol. The summed E-state index contributed by atoms with van der Waals surface area (Å²) in [6.07, 6.45) is 2.01. The van der Waals surface area contributed by atoms with Crippen LogP contribution in [0.3, 0.4) is 0 Å². The molecule has 2 N–H and O–H groups in total. The topological polar surface area (TPSA) is 102 Å². The van der Waals surface area contributed by atoms with Crippen LogP contribution in [0.5, 0.6) is 0 Å². The molecule has 0 saturated carbocycles. The van der Waals surface area contributed by atoms with Crippen LogP contribution in [0.4, 0.5) is 4.39 Å². The molecule has 0 radical (unpaired) electrons. The number of benzene rings is 2. The normalized spacial score (nSPS) is 14.7. The van der Waals surface area contributed by atoms with Gasteiger partial charge in [0.05, 0.1) is 16.7 Å². The van der Waals surface area contributed by atoms with E-state index < -0.39 is 29.6 Å². The van der Waals surface area contributed by atoms with Crippen molar-refractivity contribution in [3.8, 4) is 0 Å². The maximum Gasteiger partial charge on any atom is 0.357 e. The number of amides is 2. The van der Waals surface area contributed by atoms with Crippen LogP contribution >= 0.6 is 11.8 Å². The first kappa shape index (κ1) is 20.5. The number of nitrogens with two attached hydrogens (primary N) is 1. The van der Waals surface area contributed by atoms with Crippen LogP contribution in [0.2, 0.25) is 0 Å². The van der Waals surface area contributed by atoms with Crippen LogP contribution in [-0.4, -0.2) is 46.6 Å². The van der Waals surface area contributed by atoms with Crippen LogP contribution in [0.25, 0.3) is 0 Å². The minimum Gasteiger partial charge on any atom is -0.380 e. The second-order valence-electron chi connectivity index (χ2n) is 6.19. The summed E-state index contributed by atoms with van der Waals surface area (Å²) in [6, 6.07) is 10.8. The zero-order valence-corrected chi connectivity index (χ0v) is 16.3. The molecule has 0 aromatic heterocycles. The molecule has 7 nitrogen and oxygen atoms in total. The molecule has 1 atom stereocenters. The maximum absolute atomic E-state index is 13.8. The standard InChI is InChI=1S/C20H18FN3O4S/c1-29-11-10-16(24-18(25)12-6-2-3-7-13(12)19(24)26)20(27)28-23-17(22)14-8-4-5-9-15(14)21/h2-9,16H,10-11H2,1H3,(H2,22,23). The first-order valence-corrected chi connectivity index (χ1v) is 10.1. The van der Waals surface area contributed by atoms with E-state index in [1.165, 1.54) is 42.1 Å². The van der Waals surface area contributed by atoms with E-state index in [-0.39, 0.29) is 28.9 Å². The third-order valence-corrected chi connectivity index (χ3v) is 5.03. The number of thioether (sulfide) groups is 1. The van der Waals surface area contributed by atoms with E-state index >= 15 is 0 Å². The Morgan fingerprint density at radius 3 is 2.31 bits per heavy atom. The number of carbonyl (C=O) groups excluding carboxylic acids is 3. The molecule has 2 aromatic rings. The molecular formula is C20H18FN3O4S. The average molecular weight is 415 g/mol. The van der Waals surface area contributed by atoms with Gasteiger partial charge in [-0.3, -0.25) is 14.5 Å². The summed E-state index contributed by atoms with van der Waals surface area (Å²) in [7, 11) is 0. The van der Waals surface area contributed by atoms with Crippen LogP contribution in [-0.2, 0) is 9.63 Å². The number of nitrogens with zero attached hydrogens (tertiary/aromatic N) is 2. The molecule has 0 spiro atoms. The van der Waals surface area contributed by atoms with E-state index in [2.05, 4.69) is 5.16 Å². The summed E-state index contributed by atoms with van der Waals surface area (Å²) in [5.74, 6) is -2.52. The zero-order chi connectivity index (χ0) is 21.0. The molecule has 0 fully saturated rings. The van der Waals surface area contributed by atoms with Crippen molar-refractivity contribution < 1.29 is 23.6 Å². The van der Waals surface area contributed by atoms with Gasteiger partial charge in [0.15, 0.2) is 5.84 Å². The lowest BCUT2D eigenvalue weighted by Gasteiger charge is -2.23. The van der Waals surface area contributed by atoms with Crippen molar-refractivity contribution in [2.45, 2.75) is 12.5 Å². The van der Waals surface area contributed by atoms with Gasteiger partial charge in [-0.25, -0.2) is 9.18 Å². The van der Waals surface area contributed by atoms with Gasteiger partial charge in [-0.1, -0.05) is 29.4 Å². The van der Waals surface area contributed by atoms with Crippen LogP contribution in [0.15, 0.2) is 53.7 Å². The SMILES string of the molecule is CSCCC(C(=O)O/N=C(\N)c1ccccc1F)N1C(=O)c2ccccc2C1=O. The molecule has 2 amide bonds. The second-order valence-corrected chi connectivity index (χ2v) is 7.18. The van der Waals surface area contributed by atoms with Gasteiger partial charge in [-0.15, -0.1) is 0 Å². The fraction of sp³-hybridized carbons (Fsp3) is 0.200. The van der Waals surface area contributed by atoms with Crippen LogP contribution in [0.1, 0.15) is 32.7 Å². The largest absolute Gasteiger partial charge is 0.380 e. The molecule has 9 heteroatoms. The van der Waals surface area contributed by atoms with Gasteiger partial charge in [0.25, 0.3) is 11.8 Å². The quantitative estimate of drug-likeness (QED) is 0.245. The summed E-state index contributed by atoms with van der Waals surface area (Å²) in [5.41, 5.74) is 6.14. The van der Waals surface area contributed by atoms with Gasteiger partial charge in [-0.2, -0.15) is 11.8 Å². The summed E-state index contributed by atoms with van der Waals surface area (Å²) in [6.45, 7) is 0. The van der Waals surface area contributed by atoms with Crippen LogP contribution < -0.4 is 5.73 Å². The zero-order valence-electron chi connectivity index (χ0n) is 15.5. The summed E-state index contributed by atoms with van der Waals surface area (Å²) in [5, 5.41) is 3.50. The predicted octanol–water partition coefficient (Wildman–Crippen LogP) is 2.41. The van der Waals surface area contributed by atoms with Crippen molar-refractivity contribution in [1.82, 2.24) is 4.90 Å². The Kier molecular flexibility index (Phi) is 6.28. The molecule has 0 aliphatic carbocycles. The van der Waals surface area contributed by atoms with Crippen LogP contribution in [0, 0.1) is 5.82 Å². The molecule has 3 rings (SSSR count). The molecule has 1 unspecified atom stereocenters. The van der Waals surface area contributed by atoms with E-state index in [0.29, 0.717) is 5.75 Å². The number of hydrogen-bond acceptors (Lipinski definition) is 6. The van der Waals surface area contributed by atoms with Gasteiger partial charge < -0.3 is 10.6 Å². The van der Waals surface area contributed by atoms with E-state index in [4.69, 9.17) is 10.6 Å². The second kappa shape index (κ2) is 8.87. The fourth-order valence-electron chi connectivity index (χ4n) is 2.95. The monoisotopic (exact) mass is 415 g/mol. The maximum atomic E-state index is 13.8. The lowest BCUT2D eigenvalue weighted by molar-refractivity contribution is -0.148. The average Bonchev–Trinajstić information content (AvgIpc) is 2.98. The Labute approximate surface area is 170 Å². The van der Waals surface area contributed by atoms with Crippen molar-refractivity contribution >= 4 is 35.4 Å². The van der Waals surface area contributed by atoms with Crippen molar-refractivity contribution in [3.63, 3.8) is 0 Å². The highest BCUT2D eigenvalue weighted by molar-refractivity contribution is 7.98. The number of hydrogen-bond donors (Lipinski definition) is 1. The van der Waals surface area contributed by atoms with Crippen molar-refractivity contribution in [1.29, 1.82) is 0 Å². The number of fused-ring (bicyclic) bond motifs is 1. The molecule has 1 aliphatic heterocycles. The number of rotatable bonds is 7. The van der Waals surface area contributed by atoms with E-state index in [1.807, 2.05) is 6.26 Å². The van der Waals surface area contributed by atoms with Crippen molar-refractivity contribution in [2.24, 2.45) is 10.9 Å². The Balaban J connectivity index is 1.83. The van der Waals surface area contributed by atoms with E-state index in [1.54, 1.807) is 18.2 Å². The van der Waals surface area contributed by atoms with Gasteiger partial charge in [0.2, 0.25) is 0 Å². The third kappa shape index (κ3) is 4.14. The van der Waals surface area contributed by atoms with Gasteiger partial charge in [0, 0.05) is 0 Å². The molecule has 0 saturated heterocycles. The van der Waals surface area contributed by atoms with Gasteiger partial charge in [-0.05, 0) is 42.7 Å². The summed E-state index contributed by atoms with van der Waals surface area (Å²) < 4.78 is 13.8. The van der Waals surface area contributed by atoms with Gasteiger partial charge >= 0.3 is 5.97 Å². The highest BCUT2D eigenvalue weighted by atomic mass is 32.2. The minimum absolute atomic E-state index is 0.0262. The molecule has 1 heterocycles. The first-order chi connectivity index (χ1) is 14.0. The lowest BCUT2D eigenvalue weighted by atomic mass is 10.1. The third-order valence-electron chi connectivity index (χ3n) is 4.39. The van der Waals surface area contributed by atoms with E-state index in [0.717, 1.165) is 4.90 Å². The van der Waals surface area contributed by atoms with Gasteiger partial charge in [0.1, 0.15) is 11.9 Å². The van der Waals surface area contributed by atoms with Crippen molar-refractivity contribution in [3.05, 3.63) is 71.0 Å². The summed E-state index contributed by atoms with van der Waals surface area (Å²) in [4.78, 5) is 43.8. The fourth-order valence-corrected chi connectivity index (χ4v) is 3.40. The Morgan fingerprint density at radius 1 is 1.14 bits per heavy atom. The highest BCUT2D eigenvalue weighted by Gasteiger charge is 2.43. The molecule has 150 valence electrons. The number of amidine groups is 1. The lowest BCUT2D eigenvalue weighted by Crippen LogP contribution is -2.45. The Hall–Kier alpha value is -3.20. The highest BCUT2D eigenvalue weighted by Crippen LogP contribution is 2.26. The van der Waals surface area contributed by atoms with E-state index in [9.17, 15) is 18.8 Å². The van der Waals surface area contributed by atoms with Crippen molar-refractivity contribution in [2.75, 3.05) is 12.0 Å². The number of oxime groups is 1. The number of carbonyl (C=O) groups is 3. The summed E-state index contributed by atoms with van der Waals surface area (Å²) >= 11 is 1.45. The Morgan fingerprint density at radius 2 is 1.72 bits per heavy atom. The smallest absolute Gasteiger partial charge is 0.357 e. The molecule has 0 bridgehead atoms. The molecule has 29 heavy (non-hydrogen) atoms.